The normalized spacial score (nSPS) is 24.5. The maximum absolute atomic E-state index is 5.65. The lowest BCUT2D eigenvalue weighted by atomic mass is 9.94. The lowest BCUT2D eigenvalue weighted by Crippen LogP contribution is -2.22. The minimum atomic E-state index is 0.770. The number of rotatable bonds is 3. The highest BCUT2D eigenvalue weighted by atomic mass is 15.1. The zero-order valence-corrected chi connectivity index (χ0v) is 10.1. The van der Waals surface area contributed by atoms with Crippen LogP contribution in [0, 0.1) is 12.8 Å². The van der Waals surface area contributed by atoms with E-state index in [1.165, 1.54) is 36.5 Å². The summed E-state index contributed by atoms with van der Waals surface area (Å²) in [5, 5.41) is 0. The van der Waals surface area contributed by atoms with E-state index in [0.717, 1.165) is 37.8 Å². The summed E-state index contributed by atoms with van der Waals surface area (Å²) in [6, 6.07) is 0. The van der Waals surface area contributed by atoms with Gasteiger partial charge in [0.2, 0.25) is 0 Å². The molecular weight excluding hydrogens is 198 g/mol. The van der Waals surface area contributed by atoms with Crippen LogP contribution in [0.4, 0.5) is 0 Å². The fourth-order valence-electron chi connectivity index (χ4n) is 2.96. The van der Waals surface area contributed by atoms with E-state index in [-0.39, 0.29) is 0 Å². The Morgan fingerprint density at radius 2 is 2.19 bits per heavy atom. The molecule has 2 N–H and O–H groups in total. The lowest BCUT2D eigenvalue weighted by molar-refractivity contribution is 0.362. The molecule has 1 fully saturated rings. The average Bonchev–Trinajstić information content (AvgIpc) is 3.06. The van der Waals surface area contributed by atoms with Gasteiger partial charge in [0.05, 0.1) is 5.69 Å². The summed E-state index contributed by atoms with van der Waals surface area (Å²) >= 11 is 0. The van der Waals surface area contributed by atoms with E-state index in [1.54, 1.807) is 0 Å². The second-order valence-electron chi connectivity index (χ2n) is 5.36. The van der Waals surface area contributed by atoms with Gasteiger partial charge in [-0.15, -0.1) is 0 Å². The van der Waals surface area contributed by atoms with E-state index in [2.05, 4.69) is 11.5 Å². The second kappa shape index (κ2) is 3.88. The first-order chi connectivity index (χ1) is 7.79. The minimum absolute atomic E-state index is 0.770. The van der Waals surface area contributed by atoms with Crippen LogP contribution < -0.4 is 5.73 Å². The Morgan fingerprint density at radius 1 is 1.38 bits per heavy atom. The third kappa shape index (κ3) is 1.67. The SMILES string of the molecule is Cc1c(C2CC2)nc2n1CCC(CCN)C2. The smallest absolute Gasteiger partial charge is 0.109 e. The molecule has 0 spiro atoms. The van der Waals surface area contributed by atoms with E-state index in [9.17, 15) is 0 Å². The van der Waals surface area contributed by atoms with Gasteiger partial charge in [0.15, 0.2) is 0 Å². The number of hydrogen-bond donors (Lipinski definition) is 1. The van der Waals surface area contributed by atoms with Crippen molar-refractivity contribution in [2.24, 2.45) is 11.7 Å². The van der Waals surface area contributed by atoms with E-state index in [4.69, 9.17) is 10.7 Å². The second-order valence-corrected chi connectivity index (χ2v) is 5.36. The van der Waals surface area contributed by atoms with Gasteiger partial charge < -0.3 is 10.3 Å². The van der Waals surface area contributed by atoms with Crippen LogP contribution in [-0.2, 0) is 13.0 Å². The molecule has 1 saturated carbocycles. The van der Waals surface area contributed by atoms with Crippen molar-refractivity contribution < 1.29 is 0 Å². The molecule has 1 aromatic heterocycles. The highest BCUT2D eigenvalue weighted by Gasteiger charge is 2.31. The highest BCUT2D eigenvalue weighted by Crippen LogP contribution is 2.42. The minimum Gasteiger partial charge on any atom is -0.332 e. The van der Waals surface area contributed by atoms with Crippen LogP contribution in [0.25, 0.3) is 0 Å². The molecule has 1 aliphatic heterocycles. The van der Waals surface area contributed by atoms with Crippen molar-refractivity contribution in [2.45, 2.75) is 51.5 Å². The maximum atomic E-state index is 5.65. The van der Waals surface area contributed by atoms with Crippen LogP contribution in [-0.4, -0.2) is 16.1 Å². The van der Waals surface area contributed by atoms with Gasteiger partial charge in [-0.2, -0.15) is 0 Å². The van der Waals surface area contributed by atoms with Gasteiger partial charge in [0, 0.05) is 24.6 Å². The molecule has 3 heteroatoms. The standard InChI is InChI=1S/C13H21N3/c1-9-13(11-2-3-11)15-12-8-10(4-6-14)5-7-16(9)12/h10-11H,2-8,14H2,1H3. The fourth-order valence-corrected chi connectivity index (χ4v) is 2.96. The first-order valence-corrected chi connectivity index (χ1v) is 6.55. The average molecular weight is 219 g/mol. The third-order valence-electron chi connectivity index (χ3n) is 4.11. The maximum Gasteiger partial charge on any atom is 0.109 e. The molecule has 1 aromatic rings. The van der Waals surface area contributed by atoms with Crippen LogP contribution in [0.2, 0.25) is 0 Å². The Labute approximate surface area is 97.0 Å². The summed E-state index contributed by atoms with van der Waals surface area (Å²) in [6.45, 7) is 4.22. The lowest BCUT2D eigenvalue weighted by Gasteiger charge is -2.23. The summed E-state index contributed by atoms with van der Waals surface area (Å²) in [4.78, 5) is 4.87. The Kier molecular flexibility index (Phi) is 2.51. The van der Waals surface area contributed by atoms with Crippen molar-refractivity contribution in [3.63, 3.8) is 0 Å². The predicted octanol–water partition coefficient (Wildman–Crippen LogP) is 1.98. The highest BCUT2D eigenvalue weighted by molar-refractivity contribution is 5.24. The molecule has 1 aliphatic carbocycles. The van der Waals surface area contributed by atoms with Gasteiger partial charge in [0.25, 0.3) is 0 Å². The van der Waals surface area contributed by atoms with Gasteiger partial charge in [-0.25, -0.2) is 4.98 Å². The number of imidazole rings is 1. The number of hydrogen-bond acceptors (Lipinski definition) is 2. The Bertz CT molecular complexity index is 390. The topological polar surface area (TPSA) is 43.8 Å². The summed E-state index contributed by atoms with van der Waals surface area (Å²) in [5.41, 5.74) is 8.47. The molecule has 2 heterocycles. The Morgan fingerprint density at radius 3 is 2.88 bits per heavy atom. The molecule has 3 nitrogen and oxygen atoms in total. The van der Waals surface area contributed by atoms with Crippen molar-refractivity contribution in [2.75, 3.05) is 6.54 Å². The van der Waals surface area contributed by atoms with E-state index in [0.29, 0.717) is 0 Å². The molecule has 2 aliphatic rings. The van der Waals surface area contributed by atoms with Crippen molar-refractivity contribution >= 4 is 0 Å². The number of nitrogens with two attached hydrogens (primary N) is 1. The van der Waals surface area contributed by atoms with Crippen molar-refractivity contribution in [1.82, 2.24) is 9.55 Å². The van der Waals surface area contributed by atoms with Crippen LogP contribution >= 0.6 is 0 Å². The summed E-state index contributed by atoms with van der Waals surface area (Å²) < 4.78 is 2.45. The van der Waals surface area contributed by atoms with Crippen LogP contribution in [0.5, 0.6) is 0 Å². The van der Waals surface area contributed by atoms with Crippen LogP contribution in [0.3, 0.4) is 0 Å². The molecule has 88 valence electrons. The number of aromatic nitrogens is 2. The molecule has 0 bridgehead atoms. The Hall–Kier alpha value is -0.830. The summed E-state index contributed by atoms with van der Waals surface area (Å²) in [6.07, 6.45) is 6.29. The third-order valence-corrected chi connectivity index (χ3v) is 4.11. The van der Waals surface area contributed by atoms with E-state index < -0.39 is 0 Å². The zero-order valence-electron chi connectivity index (χ0n) is 10.1. The number of fused-ring (bicyclic) bond motifs is 1. The quantitative estimate of drug-likeness (QED) is 0.844. The molecule has 3 rings (SSSR count). The first-order valence-electron chi connectivity index (χ1n) is 6.55. The predicted molar refractivity (Wildman–Crippen MR) is 64.4 cm³/mol. The fraction of sp³-hybridized carbons (Fsp3) is 0.769. The van der Waals surface area contributed by atoms with Gasteiger partial charge in [-0.05, 0) is 45.1 Å². The van der Waals surface area contributed by atoms with Gasteiger partial charge >= 0.3 is 0 Å². The first kappa shape index (κ1) is 10.3. The molecule has 1 atom stereocenters. The van der Waals surface area contributed by atoms with E-state index in [1.807, 2.05) is 0 Å². The van der Waals surface area contributed by atoms with Crippen molar-refractivity contribution in [3.8, 4) is 0 Å². The van der Waals surface area contributed by atoms with Gasteiger partial charge in [-0.1, -0.05) is 0 Å². The monoisotopic (exact) mass is 219 g/mol. The number of nitrogens with zero attached hydrogens (tertiary/aromatic N) is 2. The Balaban J connectivity index is 1.84. The molecule has 0 amide bonds. The molecule has 0 aromatic carbocycles. The van der Waals surface area contributed by atoms with E-state index >= 15 is 0 Å². The van der Waals surface area contributed by atoms with Crippen LogP contribution in [0.1, 0.15) is 48.8 Å². The summed E-state index contributed by atoms with van der Waals surface area (Å²) in [7, 11) is 0. The van der Waals surface area contributed by atoms with Crippen molar-refractivity contribution in [1.29, 1.82) is 0 Å². The van der Waals surface area contributed by atoms with Gasteiger partial charge in [0.1, 0.15) is 5.82 Å². The molecule has 1 unspecified atom stereocenters. The summed E-state index contributed by atoms with van der Waals surface area (Å²) in [5.74, 6) is 2.88. The zero-order chi connectivity index (χ0) is 11.1. The largest absolute Gasteiger partial charge is 0.332 e. The van der Waals surface area contributed by atoms with Crippen molar-refractivity contribution in [3.05, 3.63) is 17.2 Å². The molecule has 16 heavy (non-hydrogen) atoms. The van der Waals surface area contributed by atoms with Crippen LogP contribution in [0.15, 0.2) is 0 Å². The molecule has 0 radical (unpaired) electrons. The van der Waals surface area contributed by atoms with Gasteiger partial charge in [-0.3, -0.25) is 0 Å². The molecule has 0 saturated heterocycles. The molecular formula is C13H21N3.